The molecular formula is C22H35IN6O. The lowest BCUT2D eigenvalue weighted by molar-refractivity contribution is -0.0835. The van der Waals surface area contributed by atoms with Crippen LogP contribution in [-0.4, -0.2) is 46.5 Å². The van der Waals surface area contributed by atoms with Crippen LogP contribution in [0.25, 0.3) is 5.69 Å². The molecule has 8 heteroatoms. The van der Waals surface area contributed by atoms with Gasteiger partial charge in [-0.05, 0) is 37.3 Å². The van der Waals surface area contributed by atoms with E-state index in [0.717, 1.165) is 43.6 Å². The van der Waals surface area contributed by atoms with Crippen LogP contribution in [0.3, 0.4) is 0 Å². The van der Waals surface area contributed by atoms with Crippen LogP contribution in [0.15, 0.2) is 41.7 Å². The predicted molar refractivity (Wildman–Crippen MR) is 132 cm³/mol. The second-order valence-electron chi connectivity index (χ2n) is 8.59. The molecule has 0 saturated carbocycles. The summed E-state index contributed by atoms with van der Waals surface area (Å²) < 4.78 is 8.08. The topological polar surface area (TPSA) is 76.4 Å². The van der Waals surface area contributed by atoms with Crippen LogP contribution in [0.5, 0.6) is 0 Å². The summed E-state index contributed by atoms with van der Waals surface area (Å²) in [5.41, 5.74) is 1.17. The number of guanidine groups is 1. The highest BCUT2D eigenvalue weighted by atomic mass is 127. The summed E-state index contributed by atoms with van der Waals surface area (Å²) in [5, 5.41) is 15.2. The predicted octanol–water partition coefficient (Wildman–Crippen LogP) is 3.78. The number of aliphatic imine (C=N–C) groups is 1. The zero-order chi connectivity index (χ0) is 20.7. The van der Waals surface area contributed by atoms with E-state index < -0.39 is 0 Å². The number of aromatic nitrogens is 3. The van der Waals surface area contributed by atoms with Gasteiger partial charge in [0.05, 0.1) is 6.10 Å². The quantitative estimate of drug-likeness (QED) is 0.341. The fourth-order valence-electron chi connectivity index (χ4n) is 3.90. The maximum absolute atomic E-state index is 6.11. The molecule has 0 bridgehead atoms. The highest BCUT2D eigenvalue weighted by molar-refractivity contribution is 14.0. The van der Waals surface area contributed by atoms with Crippen molar-refractivity contribution in [3.63, 3.8) is 0 Å². The lowest BCUT2D eigenvalue weighted by Crippen LogP contribution is -2.47. The Balaban J connectivity index is 0.00000320. The van der Waals surface area contributed by atoms with Gasteiger partial charge in [-0.1, -0.05) is 39.0 Å². The van der Waals surface area contributed by atoms with E-state index in [1.54, 1.807) is 6.33 Å². The lowest BCUT2D eigenvalue weighted by Gasteiger charge is -2.40. The van der Waals surface area contributed by atoms with Crippen LogP contribution < -0.4 is 10.6 Å². The van der Waals surface area contributed by atoms with Crippen molar-refractivity contribution in [1.29, 1.82) is 0 Å². The molecule has 1 saturated heterocycles. The van der Waals surface area contributed by atoms with Crippen molar-refractivity contribution in [3.05, 3.63) is 42.5 Å². The molecular weight excluding hydrogens is 491 g/mol. The van der Waals surface area contributed by atoms with Gasteiger partial charge in [-0.15, -0.1) is 34.2 Å². The van der Waals surface area contributed by atoms with E-state index >= 15 is 0 Å². The fraction of sp³-hybridized carbons (Fsp3) is 0.591. The molecule has 2 aromatic rings. The number of nitrogens with zero attached hydrogens (tertiary/aromatic N) is 4. The smallest absolute Gasteiger partial charge is 0.191 e. The van der Waals surface area contributed by atoms with E-state index in [2.05, 4.69) is 48.5 Å². The molecule has 166 valence electrons. The Morgan fingerprint density at radius 3 is 2.70 bits per heavy atom. The first-order valence-corrected chi connectivity index (χ1v) is 10.6. The molecule has 0 amide bonds. The largest absolute Gasteiger partial charge is 0.377 e. The zero-order valence-corrected chi connectivity index (χ0v) is 20.8. The second kappa shape index (κ2) is 11.6. The Bertz CT molecular complexity index is 786. The molecule has 0 spiro atoms. The van der Waals surface area contributed by atoms with Gasteiger partial charge in [-0.2, -0.15) is 0 Å². The minimum Gasteiger partial charge on any atom is -0.377 e. The van der Waals surface area contributed by atoms with Gasteiger partial charge in [0.15, 0.2) is 11.8 Å². The molecule has 1 fully saturated rings. The van der Waals surface area contributed by atoms with Crippen molar-refractivity contribution in [3.8, 4) is 5.69 Å². The first-order valence-electron chi connectivity index (χ1n) is 10.6. The van der Waals surface area contributed by atoms with E-state index in [1.807, 2.05) is 34.9 Å². The summed E-state index contributed by atoms with van der Waals surface area (Å²) in [6.07, 6.45) is 4.28. The number of hydrogen-bond acceptors (Lipinski definition) is 4. The summed E-state index contributed by atoms with van der Waals surface area (Å²) >= 11 is 0. The van der Waals surface area contributed by atoms with E-state index in [0.29, 0.717) is 12.5 Å². The van der Waals surface area contributed by atoms with E-state index in [1.165, 1.54) is 6.42 Å². The van der Waals surface area contributed by atoms with Crippen LogP contribution in [0.1, 0.15) is 46.4 Å². The monoisotopic (exact) mass is 526 g/mol. The van der Waals surface area contributed by atoms with Crippen LogP contribution in [0.2, 0.25) is 0 Å². The lowest BCUT2D eigenvalue weighted by atomic mass is 9.78. The molecule has 30 heavy (non-hydrogen) atoms. The molecule has 1 aromatic carbocycles. The molecule has 0 aliphatic carbocycles. The number of rotatable bonds is 6. The van der Waals surface area contributed by atoms with Gasteiger partial charge in [0.2, 0.25) is 0 Å². The van der Waals surface area contributed by atoms with Crippen molar-refractivity contribution in [1.82, 2.24) is 25.4 Å². The molecule has 1 aliphatic heterocycles. The highest BCUT2D eigenvalue weighted by Crippen LogP contribution is 2.33. The van der Waals surface area contributed by atoms with Crippen LogP contribution in [-0.2, 0) is 11.3 Å². The fourth-order valence-corrected chi connectivity index (χ4v) is 3.90. The van der Waals surface area contributed by atoms with Crippen LogP contribution >= 0.6 is 24.0 Å². The van der Waals surface area contributed by atoms with E-state index in [-0.39, 0.29) is 35.5 Å². The van der Waals surface area contributed by atoms with Crippen LogP contribution in [0.4, 0.5) is 0 Å². The van der Waals surface area contributed by atoms with Gasteiger partial charge >= 0.3 is 0 Å². The molecule has 1 aliphatic rings. The Morgan fingerprint density at radius 2 is 2.00 bits per heavy atom. The Hall–Kier alpha value is -1.68. The number of benzene rings is 1. The van der Waals surface area contributed by atoms with Gasteiger partial charge in [0.25, 0.3) is 0 Å². The first-order chi connectivity index (χ1) is 14.0. The van der Waals surface area contributed by atoms with Crippen molar-refractivity contribution in [2.24, 2.45) is 16.3 Å². The average molecular weight is 526 g/mol. The molecule has 2 N–H and O–H groups in total. The maximum Gasteiger partial charge on any atom is 0.191 e. The van der Waals surface area contributed by atoms with Crippen molar-refractivity contribution in [2.45, 2.75) is 53.2 Å². The van der Waals surface area contributed by atoms with Crippen molar-refractivity contribution >= 4 is 29.9 Å². The average Bonchev–Trinajstić information content (AvgIpc) is 3.19. The Labute approximate surface area is 197 Å². The van der Waals surface area contributed by atoms with Crippen molar-refractivity contribution in [2.75, 3.05) is 19.7 Å². The van der Waals surface area contributed by atoms with Gasteiger partial charge < -0.3 is 15.4 Å². The SMILES string of the molecule is CCNC(=NCc1nncn1-c1ccccc1)NCC1CCCOC1C(C)(C)C.I. The van der Waals surface area contributed by atoms with Crippen LogP contribution in [0, 0.1) is 11.3 Å². The Kier molecular flexibility index (Phi) is 9.54. The molecule has 3 rings (SSSR count). The first kappa shape index (κ1) is 24.6. The standard InChI is InChI=1S/C22H34N6O.HI/c1-5-23-21(24-14-17-10-9-13-29-20(17)22(2,3)4)25-15-19-27-26-16-28(19)18-11-7-6-8-12-18;/h6-8,11-12,16-17,20H,5,9-10,13-15H2,1-4H3,(H2,23,24,25);1H. The minimum atomic E-state index is 0. The summed E-state index contributed by atoms with van der Waals surface area (Å²) in [6.45, 7) is 11.8. The number of nitrogens with one attached hydrogen (secondary N) is 2. The van der Waals surface area contributed by atoms with Gasteiger partial charge in [0, 0.05) is 31.3 Å². The van der Waals surface area contributed by atoms with Crippen molar-refractivity contribution < 1.29 is 4.74 Å². The summed E-state index contributed by atoms with van der Waals surface area (Å²) in [7, 11) is 0. The number of hydrogen-bond donors (Lipinski definition) is 2. The van der Waals surface area contributed by atoms with Gasteiger partial charge in [-0.25, -0.2) is 4.99 Å². The molecule has 2 unspecified atom stereocenters. The number of ether oxygens (including phenoxy) is 1. The molecule has 7 nitrogen and oxygen atoms in total. The minimum absolute atomic E-state index is 0. The zero-order valence-electron chi connectivity index (χ0n) is 18.5. The Morgan fingerprint density at radius 1 is 1.23 bits per heavy atom. The third kappa shape index (κ3) is 6.66. The van der Waals surface area contributed by atoms with E-state index in [9.17, 15) is 0 Å². The van der Waals surface area contributed by atoms with Gasteiger partial charge in [-0.3, -0.25) is 4.57 Å². The third-order valence-electron chi connectivity index (χ3n) is 5.21. The van der Waals surface area contributed by atoms with Gasteiger partial charge in [0.1, 0.15) is 12.9 Å². The molecule has 2 heterocycles. The molecule has 0 radical (unpaired) electrons. The summed E-state index contributed by atoms with van der Waals surface area (Å²) in [5.74, 6) is 2.08. The molecule has 1 aromatic heterocycles. The summed E-state index contributed by atoms with van der Waals surface area (Å²) in [4.78, 5) is 4.74. The third-order valence-corrected chi connectivity index (χ3v) is 5.21. The maximum atomic E-state index is 6.11. The van der Waals surface area contributed by atoms with E-state index in [4.69, 9.17) is 9.73 Å². The highest BCUT2D eigenvalue weighted by Gasteiger charge is 2.35. The number of halogens is 1. The second-order valence-corrected chi connectivity index (χ2v) is 8.59. The number of para-hydroxylation sites is 1. The summed E-state index contributed by atoms with van der Waals surface area (Å²) in [6, 6.07) is 10.1. The normalized spacial score (nSPS) is 19.8. The molecule has 2 atom stereocenters.